The average Bonchev–Trinajstić information content (AvgIpc) is 2.95. The molecule has 6 nitrogen and oxygen atoms in total. The summed E-state index contributed by atoms with van der Waals surface area (Å²) in [6.45, 7) is 1.73. The smallest absolute Gasteiger partial charge is 0.347 e. The maximum atomic E-state index is 11.0. The monoisotopic (exact) mass is 262 g/mol. The van der Waals surface area contributed by atoms with Gasteiger partial charge in [0.1, 0.15) is 4.88 Å². The van der Waals surface area contributed by atoms with Gasteiger partial charge in [-0.1, -0.05) is 11.3 Å². The van der Waals surface area contributed by atoms with E-state index in [-0.39, 0.29) is 4.88 Å². The lowest BCUT2D eigenvalue weighted by Crippen LogP contribution is -1.97. The zero-order valence-corrected chi connectivity index (χ0v) is 10.6. The fourth-order valence-corrected chi connectivity index (χ4v) is 2.70. The average molecular weight is 262 g/mol. The van der Waals surface area contributed by atoms with Crippen molar-refractivity contribution in [3.63, 3.8) is 0 Å². The number of hydrogen-bond donors (Lipinski definition) is 1. The molecule has 0 aliphatic carbocycles. The van der Waals surface area contributed by atoms with Gasteiger partial charge in [-0.3, -0.25) is 0 Å². The number of thiazole rings is 1. The van der Waals surface area contributed by atoms with Gasteiger partial charge >= 0.3 is 5.97 Å². The maximum absolute atomic E-state index is 11.0. The molecule has 0 radical (unpaired) electrons. The van der Waals surface area contributed by atoms with Gasteiger partial charge in [0, 0.05) is 25.0 Å². The zero-order chi connectivity index (χ0) is 12.9. The molecule has 0 saturated heterocycles. The summed E-state index contributed by atoms with van der Waals surface area (Å²) >= 11 is 1.14. The van der Waals surface area contributed by atoms with Crippen LogP contribution < -0.4 is 0 Å². The quantitative estimate of drug-likeness (QED) is 0.764. The molecule has 3 aromatic rings. The van der Waals surface area contributed by atoms with E-state index >= 15 is 0 Å². The first-order valence-electron chi connectivity index (χ1n) is 5.28. The van der Waals surface area contributed by atoms with Crippen molar-refractivity contribution < 1.29 is 9.90 Å². The molecule has 0 spiro atoms. The van der Waals surface area contributed by atoms with Gasteiger partial charge in [0.2, 0.25) is 4.96 Å². The molecule has 1 N–H and O–H groups in total. The second kappa shape index (κ2) is 3.67. The van der Waals surface area contributed by atoms with Crippen LogP contribution in [0.15, 0.2) is 18.5 Å². The topological polar surface area (TPSA) is 72.4 Å². The minimum Gasteiger partial charge on any atom is -0.477 e. The summed E-state index contributed by atoms with van der Waals surface area (Å²) in [5, 5.41) is 13.4. The van der Waals surface area contributed by atoms with E-state index in [2.05, 4.69) is 10.1 Å². The molecule has 3 aromatic heterocycles. The molecular formula is C11H10N4O2S. The van der Waals surface area contributed by atoms with Crippen molar-refractivity contribution in [1.29, 1.82) is 0 Å². The number of carbonyl (C=O) groups is 1. The largest absolute Gasteiger partial charge is 0.477 e. The third kappa shape index (κ3) is 1.52. The number of carboxylic acids is 1. The summed E-state index contributed by atoms with van der Waals surface area (Å²) in [6.07, 6.45) is 3.84. The summed E-state index contributed by atoms with van der Waals surface area (Å²) in [4.78, 5) is 16.2. The van der Waals surface area contributed by atoms with Crippen LogP contribution in [0.3, 0.4) is 0 Å². The first-order valence-corrected chi connectivity index (χ1v) is 6.09. The number of rotatable bonds is 2. The van der Waals surface area contributed by atoms with Crippen LogP contribution in [0, 0.1) is 6.92 Å². The maximum Gasteiger partial charge on any atom is 0.347 e. The minimum atomic E-state index is -0.939. The van der Waals surface area contributed by atoms with Crippen molar-refractivity contribution in [3.05, 3.63) is 29.0 Å². The fourth-order valence-electron chi connectivity index (χ4n) is 1.80. The Morgan fingerprint density at radius 3 is 2.83 bits per heavy atom. The Balaban J connectivity index is 2.16. The number of nitrogens with zero attached hydrogens (tertiary/aromatic N) is 4. The summed E-state index contributed by atoms with van der Waals surface area (Å²) in [5.74, 6) is -0.326. The number of aryl methyl sites for hydroxylation is 2. The molecule has 0 fully saturated rings. The fraction of sp³-hybridized carbons (Fsp3) is 0.182. The molecule has 0 bridgehead atoms. The molecule has 0 aromatic carbocycles. The molecule has 18 heavy (non-hydrogen) atoms. The molecule has 0 saturated carbocycles. The lowest BCUT2D eigenvalue weighted by molar-refractivity contribution is 0.0701. The third-order valence-electron chi connectivity index (χ3n) is 2.70. The number of aromatic nitrogens is 4. The highest BCUT2D eigenvalue weighted by atomic mass is 32.1. The van der Waals surface area contributed by atoms with Crippen molar-refractivity contribution >= 4 is 22.3 Å². The number of aromatic carboxylic acids is 1. The van der Waals surface area contributed by atoms with Gasteiger partial charge in [-0.05, 0) is 13.0 Å². The second-order valence-corrected chi connectivity index (χ2v) is 4.99. The van der Waals surface area contributed by atoms with Crippen molar-refractivity contribution in [2.45, 2.75) is 6.92 Å². The van der Waals surface area contributed by atoms with Gasteiger partial charge < -0.3 is 9.67 Å². The lowest BCUT2D eigenvalue weighted by atomic mass is 10.3. The van der Waals surface area contributed by atoms with Gasteiger partial charge in [-0.15, -0.1) is 5.10 Å². The molecule has 0 unspecified atom stereocenters. The Bertz CT molecular complexity index is 752. The van der Waals surface area contributed by atoms with E-state index in [0.717, 1.165) is 16.9 Å². The number of fused-ring (bicyclic) bond motifs is 1. The van der Waals surface area contributed by atoms with Gasteiger partial charge in [0.15, 0.2) is 5.82 Å². The Labute approximate surface area is 106 Å². The third-order valence-corrected chi connectivity index (χ3v) is 3.82. The van der Waals surface area contributed by atoms with Crippen LogP contribution in [0.4, 0.5) is 0 Å². The van der Waals surface area contributed by atoms with E-state index in [0.29, 0.717) is 16.5 Å². The summed E-state index contributed by atoms with van der Waals surface area (Å²) in [6, 6.07) is 1.92. The minimum absolute atomic E-state index is 0.282. The summed E-state index contributed by atoms with van der Waals surface area (Å²) in [5.41, 5.74) is 1.53. The molecule has 92 valence electrons. The van der Waals surface area contributed by atoms with Crippen LogP contribution in [-0.2, 0) is 7.05 Å². The Morgan fingerprint density at radius 1 is 1.50 bits per heavy atom. The van der Waals surface area contributed by atoms with E-state index in [9.17, 15) is 4.79 Å². The molecule has 0 aliphatic heterocycles. The highest BCUT2D eigenvalue weighted by Crippen LogP contribution is 2.24. The summed E-state index contributed by atoms with van der Waals surface area (Å²) < 4.78 is 3.50. The van der Waals surface area contributed by atoms with Gasteiger partial charge in [-0.2, -0.15) is 4.98 Å². The van der Waals surface area contributed by atoms with Crippen molar-refractivity contribution in [1.82, 2.24) is 19.2 Å². The van der Waals surface area contributed by atoms with E-state index < -0.39 is 5.97 Å². The van der Waals surface area contributed by atoms with E-state index in [1.54, 1.807) is 11.4 Å². The van der Waals surface area contributed by atoms with Crippen LogP contribution in [-0.4, -0.2) is 30.2 Å². The number of carboxylic acid groups (broad SMARTS) is 1. The van der Waals surface area contributed by atoms with Gasteiger partial charge in [-0.25, -0.2) is 9.31 Å². The number of hydrogen-bond acceptors (Lipinski definition) is 4. The summed E-state index contributed by atoms with van der Waals surface area (Å²) in [7, 11) is 1.93. The van der Waals surface area contributed by atoms with E-state index in [4.69, 9.17) is 5.11 Å². The molecule has 3 heterocycles. The molecule has 3 rings (SSSR count). The van der Waals surface area contributed by atoms with Gasteiger partial charge in [0.25, 0.3) is 0 Å². The standard InChI is InChI=1S/C11H10N4O2S/c1-6-8(10(16)17)18-11-12-9(13-15(6)11)7-3-4-14(2)5-7/h3-5H,1-2H3,(H,16,17). The van der Waals surface area contributed by atoms with Gasteiger partial charge in [0.05, 0.1) is 5.69 Å². The zero-order valence-electron chi connectivity index (χ0n) is 9.78. The Hall–Kier alpha value is -2.15. The molecular weight excluding hydrogens is 252 g/mol. The predicted octanol–water partition coefficient (Wildman–Crippen LogP) is 1.80. The van der Waals surface area contributed by atoms with Crippen LogP contribution in [0.1, 0.15) is 15.4 Å². The highest BCUT2D eigenvalue weighted by Gasteiger charge is 2.18. The van der Waals surface area contributed by atoms with E-state index in [1.165, 1.54) is 0 Å². The first kappa shape index (κ1) is 11.0. The normalized spacial score (nSPS) is 11.2. The van der Waals surface area contributed by atoms with Crippen LogP contribution in [0.5, 0.6) is 0 Å². The van der Waals surface area contributed by atoms with Crippen LogP contribution >= 0.6 is 11.3 Å². The highest BCUT2D eigenvalue weighted by molar-refractivity contribution is 7.18. The van der Waals surface area contributed by atoms with Crippen molar-refractivity contribution in [2.75, 3.05) is 0 Å². The van der Waals surface area contributed by atoms with Crippen molar-refractivity contribution in [3.8, 4) is 11.4 Å². The van der Waals surface area contributed by atoms with E-state index in [1.807, 2.05) is 30.1 Å². The van der Waals surface area contributed by atoms with Crippen LogP contribution in [0.25, 0.3) is 16.3 Å². The Kier molecular flexibility index (Phi) is 2.24. The molecule has 0 amide bonds. The molecule has 0 atom stereocenters. The first-order chi connectivity index (χ1) is 8.56. The Morgan fingerprint density at radius 2 is 2.28 bits per heavy atom. The molecule has 7 heteroatoms. The predicted molar refractivity (Wildman–Crippen MR) is 67.0 cm³/mol. The molecule has 0 aliphatic rings. The SMILES string of the molecule is Cc1c(C(=O)O)sc2nc(-c3ccn(C)c3)nn12. The van der Waals surface area contributed by atoms with Crippen molar-refractivity contribution in [2.24, 2.45) is 7.05 Å². The van der Waals surface area contributed by atoms with Crippen LogP contribution in [0.2, 0.25) is 0 Å². The second-order valence-electron chi connectivity index (χ2n) is 4.02. The lowest BCUT2D eigenvalue weighted by Gasteiger charge is -1.91.